The number of fused-ring (bicyclic) bond motifs is 1. The molecule has 0 fully saturated rings. The lowest BCUT2D eigenvalue weighted by Crippen LogP contribution is -1.82. The third kappa shape index (κ3) is 2.32. The maximum absolute atomic E-state index is 9.55. The molecular weight excluding hydrogens is 286 g/mol. The first-order chi connectivity index (χ1) is 11.2. The standard InChI is InChI=1S/C20H15NO2/c22-15-9-5-13(6-10-15)19-17-3-1-2-4-18(17)21-20(19)14-7-11-16(23)12-8-14/h1-12,21-23H. The van der Waals surface area contributed by atoms with Gasteiger partial charge in [0.25, 0.3) is 0 Å². The second-order valence-electron chi connectivity index (χ2n) is 5.51. The highest BCUT2D eigenvalue weighted by atomic mass is 16.3. The van der Waals surface area contributed by atoms with E-state index in [-0.39, 0.29) is 11.5 Å². The molecule has 0 atom stereocenters. The zero-order valence-electron chi connectivity index (χ0n) is 12.3. The third-order valence-corrected chi connectivity index (χ3v) is 4.02. The molecule has 0 aliphatic heterocycles. The second kappa shape index (κ2) is 5.21. The Bertz CT molecular complexity index is 967. The van der Waals surface area contributed by atoms with Crippen LogP contribution in [0.15, 0.2) is 72.8 Å². The van der Waals surface area contributed by atoms with E-state index in [4.69, 9.17) is 0 Å². The summed E-state index contributed by atoms with van der Waals surface area (Å²) in [6.07, 6.45) is 0. The number of aromatic nitrogens is 1. The molecule has 3 N–H and O–H groups in total. The van der Waals surface area contributed by atoms with Crippen LogP contribution in [-0.2, 0) is 0 Å². The quantitative estimate of drug-likeness (QED) is 0.492. The molecule has 0 saturated carbocycles. The Morgan fingerprint density at radius 1 is 0.609 bits per heavy atom. The number of phenols is 2. The summed E-state index contributed by atoms with van der Waals surface area (Å²) < 4.78 is 0. The van der Waals surface area contributed by atoms with E-state index in [1.807, 2.05) is 42.5 Å². The lowest BCUT2D eigenvalue weighted by Gasteiger charge is -2.06. The maximum Gasteiger partial charge on any atom is 0.115 e. The first-order valence-corrected chi connectivity index (χ1v) is 7.42. The van der Waals surface area contributed by atoms with Gasteiger partial charge in [0.1, 0.15) is 11.5 Å². The van der Waals surface area contributed by atoms with E-state index < -0.39 is 0 Å². The lowest BCUT2D eigenvalue weighted by molar-refractivity contribution is 0.475. The van der Waals surface area contributed by atoms with E-state index in [0.717, 1.165) is 33.3 Å². The first-order valence-electron chi connectivity index (χ1n) is 7.42. The van der Waals surface area contributed by atoms with E-state index in [1.165, 1.54) is 0 Å². The number of para-hydroxylation sites is 1. The molecule has 0 spiro atoms. The molecule has 4 rings (SSSR count). The molecule has 3 aromatic carbocycles. The molecule has 0 aliphatic rings. The SMILES string of the molecule is Oc1ccc(-c2[nH]c3ccccc3c2-c2ccc(O)cc2)cc1. The number of benzene rings is 3. The topological polar surface area (TPSA) is 56.2 Å². The minimum Gasteiger partial charge on any atom is -0.508 e. The molecule has 0 unspecified atom stereocenters. The summed E-state index contributed by atoms with van der Waals surface area (Å²) in [5, 5.41) is 20.2. The summed E-state index contributed by atoms with van der Waals surface area (Å²) in [5.41, 5.74) is 5.17. The van der Waals surface area contributed by atoms with Gasteiger partial charge in [0.15, 0.2) is 0 Å². The number of aromatic hydroxyl groups is 2. The monoisotopic (exact) mass is 301 g/mol. The van der Waals surface area contributed by atoms with Crippen molar-refractivity contribution in [3.05, 3.63) is 72.8 Å². The number of phenolic OH excluding ortho intramolecular Hbond substituents is 2. The van der Waals surface area contributed by atoms with Crippen molar-refractivity contribution in [2.45, 2.75) is 0 Å². The van der Waals surface area contributed by atoms with E-state index >= 15 is 0 Å². The van der Waals surface area contributed by atoms with Gasteiger partial charge in [0, 0.05) is 16.5 Å². The number of hydrogen-bond donors (Lipinski definition) is 3. The predicted molar refractivity (Wildman–Crippen MR) is 92.5 cm³/mol. The Morgan fingerprint density at radius 3 is 1.83 bits per heavy atom. The Hall–Kier alpha value is -3.20. The lowest BCUT2D eigenvalue weighted by atomic mass is 9.98. The van der Waals surface area contributed by atoms with Crippen LogP contribution in [0.3, 0.4) is 0 Å². The molecule has 112 valence electrons. The molecule has 4 aromatic rings. The average Bonchev–Trinajstić information content (AvgIpc) is 2.96. The summed E-state index contributed by atoms with van der Waals surface area (Å²) in [6.45, 7) is 0. The zero-order valence-corrected chi connectivity index (χ0v) is 12.3. The van der Waals surface area contributed by atoms with Gasteiger partial charge in [-0.25, -0.2) is 0 Å². The van der Waals surface area contributed by atoms with Crippen LogP contribution in [0.5, 0.6) is 11.5 Å². The molecule has 3 nitrogen and oxygen atoms in total. The number of aromatic amines is 1. The van der Waals surface area contributed by atoms with Crippen molar-refractivity contribution in [2.24, 2.45) is 0 Å². The molecule has 0 radical (unpaired) electrons. The molecule has 23 heavy (non-hydrogen) atoms. The smallest absolute Gasteiger partial charge is 0.115 e. The fourth-order valence-corrected chi connectivity index (χ4v) is 2.91. The molecular formula is C20H15NO2. The molecule has 0 aliphatic carbocycles. The van der Waals surface area contributed by atoms with E-state index in [9.17, 15) is 10.2 Å². The summed E-state index contributed by atoms with van der Waals surface area (Å²) in [5.74, 6) is 0.496. The van der Waals surface area contributed by atoms with Gasteiger partial charge in [0.05, 0.1) is 5.69 Å². The predicted octanol–water partition coefficient (Wildman–Crippen LogP) is 4.91. The van der Waals surface area contributed by atoms with Crippen LogP contribution < -0.4 is 0 Å². The second-order valence-corrected chi connectivity index (χ2v) is 5.51. The van der Waals surface area contributed by atoms with Crippen molar-refractivity contribution in [1.29, 1.82) is 0 Å². The minimum absolute atomic E-state index is 0.246. The fourth-order valence-electron chi connectivity index (χ4n) is 2.91. The highest BCUT2D eigenvalue weighted by Crippen LogP contribution is 2.38. The highest BCUT2D eigenvalue weighted by molar-refractivity contribution is 6.03. The van der Waals surface area contributed by atoms with Gasteiger partial charge < -0.3 is 15.2 Å². The molecule has 0 amide bonds. The highest BCUT2D eigenvalue weighted by Gasteiger charge is 2.14. The van der Waals surface area contributed by atoms with Gasteiger partial charge in [-0.3, -0.25) is 0 Å². The zero-order chi connectivity index (χ0) is 15.8. The van der Waals surface area contributed by atoms with E-state index in [2.05, 4.69) is 11.1 Å². The number of hydrogen-bond acceptors (Lipinski definition) is 2. The van der Waals surface area contributed by atoms with Gasteiger partial charge in [-0.05, 0) is 53.6 Å². The number of H-pyrrole nitrogens is 1. The van der Waals surface area contributed by atoms with Crippen LogP contribution in [0, 0.1) is 0 Å². The Kier molecular flexibility index (Phi) is 3.05. The van der Waals surface area contributed by atoms with Crippen LogP contribution >= 0.6 is 0 Å². The number of rotatable bonds is 2. The van der Waals surface area contributed by atoms with E-state index in [1.54, 1.807) is 24.3 Å². The van der Waals surface area contributed by atoms with Crippen molar-refractivity contribution >= 4 is 10.9 Å². The van der Waals surface area contributed by atoms with Crippen LogP contribution in [0.2, 0.25) is 0 Å². The molecule has 0 bridgehead atoms. The largest absolute Gasteiger partial charge is 0.508 e. The maximum atomic E-state index is 9.55. The third-order valence-electron chi connectivity index (χ3n) is 4.02. The molecule has 1 heterocycles. The van der Waals surface area contributed by atoms with Crippen LogP contribution in [0.4, 0.5) is 0 Å². The van der Waals surface area contributed by atoms with Gasteiger partial charge in [-0.2, -0.15) is 0 Å². The van der Waals surface area contributed by atoms with Crippen molar-refractivity contribution < 1.29 is 10.2 Å². The van der Waals surface area contributed by atoms with E-state index in [0.29, 0.717) is 0 Å². The number of nitrogens with one attached hydrogen (secondary N) is 1. The molecule has 3 heteroatoms. The first kappa shape index (κ1) is 13.5. The van der Waals surface area contributed by atoms with Gasteiger partial charge >= 0.3 is 0 Å². The summed E-state index contributed by atoms with van der Waals surface area (Å²) in [7, 11) is 0. The van der Waals surface area contributed by atoms with Crippen LogP contribution in [-0.4, -0.2) is 15.2 Å². The van der Waals surface area contributed by atoms with Gasteiger partial charge in [0.2, 0.25) is 0 Å². The fraction of sp³-hybridized carbons (Fsp3) is 0. The van der Waals surface area contributed by atoms with Crippen LogP contribution in [0.1, 0.15) is 0 Å². The normalized spacial score (nSPS) is 11.0. The molecule has 0 saturated heterocycles. The average molecular weight is 301 g/mol. The van der Waals surface area contributed by atoms with Crippen molar-refractivity contribution in [2.75, 3.05) is 0 Å². The van der Waals surface area contributed by atoms with Gasteiger partial charge in [-0.15, -0.1) is 0 Å². The molecule has 1 aromatic heterocycles. The Labute approximate surface area is 133 Å². The summed E-state index contributed by atoms with van der Waals surface area (Å²) >= 11 is 0. The summed E-state index contributed by atoms with van der Waals surface area (Å²) in [4.78, 5) is 3.47. The Balaban J connectivity index is 2.01. The van der Waals surface area contributed by atoms with Crippen LogP contribution in [0.25, 0.3) is 33.3 Å². The van der Waals surface area contributed by atoms with Crippen molar-refractivity contribution in [3.8, 4) is 33.9 Å². The Morgan fingerprint density at radius 2 is 1.17 bits per heavy atom. The minimum atomic E-state index is 0.246. The van der Waals surface area contributed by atoms with Crippen molar-refractivity contribution in [1.82, 2.24) is 4.98 Å². The van der Waals surface area contributed by atoms with Crippen molar-refractivity contribution in [3.63, 3.8) is 0 Å². The van der Waals surface area contributed by atoms with Gasteiger partial charge in [-0.1, -0.05) is 30.3 Å². The summed E-state index contributed by atoms with van der Waals surface area (Å²) in [6, 6.07) is 22.5.